The molecule has 1 heterocycles. The largest absolute Gasteiger partial charge is 0.493 e. The van der Waals surface area contributed by atoms with Gasteiger partial charge < -0.3 is 20.3 Å². The van der Waals surface area contributed by atoms with Gasteiger partial charge in [-0.2, -0.15) is 0 Å². The van der Waals surface area contributed by atoms with Crippen LogP contribution in [0.4, 0.5) is 0 Å². The molecule has 1 fully saturated rings. The van der Waals surface area contributed by atoms with Gasteiger partial charge in [-0.05, 0) is 56.0 Å². The summed E-state index contributed by atoms with van der Waals surface area (Å²) in [7, 11) is 1.61. The fourth-order valence-electron chi connectivity index (χ4n) is 3.96. The third kappa shape index (κ3) is 4.04. The van der Waals surface area contributed by atoms with Crippen molar-refractivity contribution >= 4 is 0 Å². The maximum Gasteiger partial charge on any atom is 0.188 e. The van der Waals surface area contributed by atoms with Crippen LogP contribution in [0, 0.1) is 13.8 Å². The van der Waals surface area contributed by atoms with Crippen molar-refractivity contribution in [3.05, 3.63) is 65.2 Å². The fourth-order valence-corrected chi connectivity index (χ4v) is 3.96. The molecule has 3 aromatic rings. The van der Waals surface area contributed by atoms with Crippen LogP contribution in [0.1, 0.15) is 41.5 Å². The molecule has 0 bridgehead atoms. The number of rotatable bonds is 6. The summed E-state index contributed by atoms with van der Waals surface area (Å²) in [6.07, 6.45) is 0.738. The Morgan fingerprint density at radius 2 is 1.90 bits per heavy atom. The Bertz CT molecular complexity index is 1020. The van der Waals surface area contributed by atoms with E-state index in [1.54, 1.807) is 7.11 Å². The van der Waals surface area contributed by atoms with Gasteiger partial charge in [-0.3, -0.25) is 0 Å². The van der Waals surface area contributed by atoms with Crippen molar-refractivity contribution in [1.82, 2.24) is 14.8 Å². The van der Waals surface area contributed by atoms with Gasteiger partial charge in [-0.25, -0.2) is 9.67 Å². The number of methoxy groups -OCH3 is 1. The lowest BCUT2D eigenvalue weighted by molar-refractivity contribution is 0.163. The normalized spacial score (nSPS) is 21.0. The molecule has 158 valence electrons. The molecule has 1 aliphatic rings. The standard InChI is InChI=1S/C23H28N4O3/c1-14-8-9-15(2)18(10-14)27-23(16-11-17(24)19(28)12-16)25-22(26-27)13-30-21-7-5-4-6-20(21)29-3/h4-10,16-17,19,28H,11-13,24H2,1-3H3/t16-,17+,19+/m0/s1. The van der Waals surface area contributed by atoms with Gasteiger partial charge in [0.1, 0.15) is 12.4 Å². The number of aromatic nitrogens is 3. The summed E-state index contributed by atoms with van der Waals surface area (Å²) in [5.41, 5.74) is 9.31. The van der Waals surface area contributed by atoms with Gasteiger partial charge in [-0.1, -0.05) is 24.3 Å². The summed E-state index contributed by atoms with van der Waals surface area (Å²) in [5, 5.41) is 14.9. The van der Waals surface area contributed by atoms with Gasteiger partial charge in [-0.15, -0.1) is 5.10 Å². The van der Waals surface area contributed by atoms with E-state index >= 15 is 0 Å². The van der Waals surface area contributed by atoms with Crippen LogP contribution in [0.5, 0.6) is 11.5 Å². The number of aliphatic hydroxyl groups excluding tert-OH is 1. The molecular formula is C23H28N4O3. The highest BCUT2D eigenvalue weighted by Gasteiger charge is 2.35. The van der Waals surface area contributed by atoms with E-state index in [1.807, 2.05) is 28.9 Å². The van der Waals surface area contributed by atoms with Crippen LogP contribution in [-0.2, 0) is 6.61 Å². The zero-order chi connectivity index (χ0) is 21.3. The summed E-state index contributed by atoms with van der Waals surface area (Å²) in [4.78, 5) is 4.80. The van der Waals surface area contributed by atoms with Crippen LogP contribution in [0.3, 0.4) is 0 Å². The second-order valence-corrected chi connectivity index (χ2v) is 7.93. The van der Waals surface area contributed by atoms with E-state index in [-0.39, 0.29) is 18.6 Å². The molecule has 0 unspecified atom stereocenters. The van der Waals surface area contributed by atoms with E-state index < -0.39 is 6.10 Å². The maximum absolute atomic E-state index is 10.2. The monoisotopic (exact) mass is 408 g/mol. The molecule has 3 atom stereocenters. The molecular weight excluding hydrogens is 380 g/mol. The van der Waals surface area contributed by atoms with Crippen LogP contribution in [0.25, 0.3) is 5.69 Å². The molecule has 3 N–H and O–H groups in total. The van der Waals surface area contributed by atoms with Crippen LogP contribution in [0.2, 0.25) is 0 Å². The summed E-state index contributed by atoms with van der Waals surface area (Å²) in [6, 6.07) is 13.5. The van der Waals surface area contributed by atoms with E-state index in [9.17, 15) is 5.11 Å². The zero-order valence-corrected chi connectivity index (χ0v) is 17.6. The number of ether oxygens (including phenoxy) is 2. The number of hydrogen-bond acceptors (Lipinski definition) is 6. The van der Waals surface area contributed by atoms with Gasteiger partial charge in [0.2, 0.25) is 0 Å². The first kappa shape index (κ1) is 20.4. The molecule has 30 heavy (non-hydrogen) atoms. The summed E-state index contributed by atoms with van der Waals surface area (Å²) in [5.74, 6) is 2.74. The van der Waals surface area contributed by atoms with Crippen LogP contribution in [-0.4, -0.2) is 39.1 Å². The molecule has 0 amide bonds. The Morgan fingerprint density at radius 3 is 2.60 bits per heavy atom. The second-order valence-electron chi connectivity index (χ2n) is 7.93. The Kier molecular flexibility index (Phi) is 5.74. The summed E-state index contributed by atoms with van der Waals surface area (Å²) >= 11 is 0. The Morgan fingerprint density at radius 1 is 1.13 bits per heavy atom. The highest BCUT2D eigenvalue weighted by atomic mass is 16.5. The van der Waals surface area contributed by atoms with E-state index in [0.29, 0.717) is 30.2 Å². The molecule has 7 nitrogen and oxygen atoms in total. The molecule has 0 saturated heterocycles. The van der Waals surface area contributed by atoms with Crippen molar-refractivity contribution < 1.29 is 14.6 Å². The lowest BCUT2D eigenvalue weighted by Crippen LogP contribution is -2.28. The first-order valence-electron chi connectivity index (χ1n) is 10.2. The smallest absolute Gasteiger partial charge is 0.188 e. The average molecular weight is 409 g/mol. The highest BCUT2D eigenvalue weighted by molar-refractivity contribution is 5.43. The molecule has 0 radical (unpaired) electrons. The predicted octanol–water partition coefficient (Wildman–Crippen LogP) is 3.04. The predicted molar refractivity (Wildman–Crippen MR) is 114 cm³/mol. The molecule has 1 saturated carbocycles. The quantitative estimate of drug-likeness (QED) is 0.651. The maximum atomic E-state index is 10.2. The fraction of sp³-hybridized carbons (Fsp3) is 0.391. The van der Waals surface area contributed by atoms with Crippen LogP contribution >= 0.6 is 0 Å². The minimum atomic E-state index is -0.521. The van der Waals surface area contributed by atoms with Crippen molar-refractivity contribution in [3.63, 3.8) is 0 Å². The van der Waals surface area contributed by atoms with Crippen LogP contribution < -0.4 is 15.2 Å². The number of para-hydroxylation sites is 2. The Labute approximate surface area is 176 Å². The molecule has 1 aromatic heterocycles. The Hall–Kier alpha value is -2.90. The molecule has 0 spiro atoms. The van der Waals surface area contributed by atoms with Gasteiger partial charge in [0.25, 0.3) is 0 Å². The molecule has 0 aliphatic heterocycles. The summed E-state index contributed by atoms with van der Waals surface area (Å²) < 4.78 is 13.2. The van der Waals surface area contributed by atoms with Gasteiger partial charge in [0.15, 0.2) is 17.3 Å². The molecule has 4 rings (SSSR count). The van der Waals surface area contributed by atoms with E-state index in [0.717, 1.165) is 22.6 Å². The number of aliphatic hydroxyl groups is 1. The van der Waals surface area contributed by atoms with Crippen molar-refractivity contribution in [2.75, 3.05) is 7.11 Å². The number of nitrogens with two attached hydrogens (primary N) is 1. The van der Waals surface area contributed by atoms with E-state index in [1.165, 1.54) is 0 Å². The van der Waals surface area contributed by atoms with Crippen molar-refractivity contribution in [3.8, 4) is 17.2 Å². The van der Waals surface area contributed by atoms with Crippen molar-refractivity contribution in [2.24, 2.45) is 5.73 Å². The lowest BCUT2D eigenvalue weighted by atomic mass is 10.1. The van der Waals surface area contributed by atoms with Crippen LogP contribution in [0.15, 0.2) is 42.5 Å². The van der Waals surface area contributed by atoms with Gasteiger partial charge in [0.05, 0.1) is 18.9 Å². The third-order valence-electron chi connectivity index (χ3n) is 5.64. The van der Waals surface area contributed by atoms with Gasteiger partial charge in [0, 0.05) is 12.0 Å². The number of hydrogen-bond donors (Lipinski definition) is 2. The topological polar surface area (TPSA) is 95.4 Å². The SMILES string of the molecule is COc1ccccc1OCc1nc([C@H]2C[C@@H](N)[C@H](O)C2)n(-c2cc(C)ccc2C)n1. The van der Waals surface area contributed by atoms with Gasteiger partial charge >= 0.3 is 0 Å². The molecule has 7 heteroatoms. The number of nitrogens with zero attached hydrogens (tertiary/aromatic N) is 3. The molecule has 1 aliphatic carbocycles. The minimum absolute atomic E-state index is 0.0439. The molecule has 2 aromatic carbocycles. The Balaban J connectivity index is 1.68. The first-order chi connectivity index (χ1) is 14.5. The minimum Gasteiger partial charge on any atom is -0.493 e. The van der Waals surface area contributed by atoms with Crippen molar-refractivity contribution in [2.45, 2.75) is 51.4 Å². The number of aryl methyl sites for hydroxylation is 2. The third-order valence-corrected chi connectivity index (χ3v) is 5.64. The zero-order valence-electron chi connectivity index (χ0n) is 17.6. The van der Waals surface area contributed by atoms with E-state index in [4.69, 9.17) is 25.3 Å². The van der Waals surface area contributed by atoms with E-state index in [2.05, 4.69) is 32.0 Å². The highest BCUT2D eigenvalue weighted by Crippen LogP contribution is 2.35. The second kappa shape index (κ2) is 8.45. The lowest BCUT2D eigenvalue weighted by Gasteiger charge is -2.13. The van der Waals surface area contributed by atoms with Crippen molar-refractivity contribution in [1.29, 1.82) is 0 Å². The summed E-state index contributed by atoms with van der Waals surface area (Å²) in [6.45, 7) is 4.33. The average Bonchev–Trinajstić information content (AvgIpc) is 3.31. The number of benzene rings is 2. The first-order valence-corrected chi connectivity index (χ1v) is 10.2.